The van der Waals surface area contributed by atoms with Gasteiger partial charge < -0.3 is 0 Å². The van der Waals surface area contributed by atoms with Crippen molar-refractivity contribution in [1.82, 2.24) is 3.11 Å². The highest BCUT2D eigenvalue weighted by Gasteiger charge is 2.08. The van der Waals surface area contributed by atoms with Crippen LogP contribution in [0.25, 0.3) is 0 Å². The number of alkyl halides is 1. The van der Waals surface area contributed by atoms with Crippen LogP contribution in [0.3, 0.4) is 0 Å². The first kappa shape index (κ1) is 13.9. The first-order valence-corrected chi connectivity index (χ1v) is 5.73. The molecule has 0 aromatic carbocycles. The molecule has 0 aliphatic rings. The first-order chi connectivity index (χ1) is 4.55. The van der Waals surface area contributed by atoms with E-state index < -0.39 is 0 Å². The fourth-order valence-electron chi connectivity index (χ4n) is 0.175. The van der Waals surface area contributed by atoms with Gasteiger partial charge in [0.25, 0.3) is 0 Å². The highest BCUT2D eigenvalue weighted by molar-refractivity contribution is 14.1. The summed E-state index contributed by atoms with van der Waals surface area (Å²) in [7, 11) is 2.12. The molecule has 0 aliphatic carbocycles. The van der Waals surface area contributed by atoms with Crippen LogP contribution < -0.4 is 0 Å². The molecule has 2 unspecified atom stereocenters. The third-order valence-electron chi connectivity index (χ3n) is 0.523. The van der Waals surface area contributed by atoms with Crippen LogP contribution in [-0.2, 0) is 0 Å². The summed E-state index contributed by atoms with van der Waals surface area (Å²) >= 11 is 4.14. The summed E-state index contributed by atoms with van der Waals surface area (Å²) in [4.78, 5) is 10.5. The number of rotatable bonds is 1. The summed E-state index contributed by atoms with van der Waals surface area (Å²) in [5, 5.41) is 0. The lowest BCUT2D eigenvalue weighted by molar-refractivity contribution is 0.251. The Labute approximate surface area is 92.3 Å². The zero-order valence-electron chi connectivity index (χ0n) is 6.27. The largest absolute Gasteiger partial charge is 0.269 e. The molecule has 0 bridgehead atoms. The molecule has 0 aromatic heterocycles. The fourth-order valence-corrected chi connectivity index (χ4v) is 0.977. The van der Waals surface area contributed by atoms with E-state index in [2.05, 4.69) is 31.8 Å². The number of hydrogen-bond acceptors (Lipinski definition) is 1. The van der Waals surface area contributed by atoms with Crippen molar-refractivity contribution >= 4 is 60.3 Å². The minimum absolute atomic E-state index is 0.0208. The molecule has 0 rings (SSSR count). The Balaban J connectivity index is 0. The van der Waals surface area contributed by atoms with E-state index in [1.807, 2.05) is 43.6 Å². The number of hydrogen-bond donors (Lipinski definition) is 0. The monoisotopic (exact) mass is 387 g/mol. The molecule has 2 nitrogen and oxygen atoms in total. The Kier molecular flexibility index (Phi) is 11.8. The van der Waals surface area contributed by atoms with Gasteiger partial charge in [-0.2, -0.15) is 0 Å². The number of amides is 1. The molecule has 0 saturated carbocycles. The van der Waals surface area contributed by atoms with Gasteiger partial charge in [0.2, 0.25) is 5.65 Å². The molecule has 1 amide bonds. The standard InChI is InChI=1S/C3H6I2NOP.C2H6/c1-2(4)6(5)3(7)8;1-2/h2H,8H2,1H3;1-2H3. The van der Waals surface area contributed by atoms with Crippen LogP contribution in [0.4, 0.5) is 4.79 Å². The third-order valence-corrected chi connectivity index (χ3v) is 4.26. The van der Waals surface area contributed by atoms with Gasteiger partial charge in [0.1, 0.15) is 0 Å². The Morgan fingerprint density at radius 1 is 1.60 bits per heavy atom. The minimum atomic E-state index is 0.0208. The molecule has 0 radical (unpaired) electrons. The Morgan fingerprint density at radius 3 is 1.90 bits per heavy atom. The van der Waals surface area contributed by atoms with Crippen LogP contribution in [-0.4, -0.2) is 12.8 Å². The molecular weight excluding hydrogens is 375 g/mol. The van der Waals surface area contributed by atoms with E-state index in [-0.39, 0.29) is 9.70 Å². The maximum absolute atomic E-state index is 10.5. The molecule has 2 atom stereocenters. The second-order valence-electron chi connectivity index (χ2n) is 1.22. The van der Waals surface area contributed by atoms with Crippen molar-refractivity contribution in [3.05, 3.63) is 0 Å². The van der Waals surface area contributed by atoms with Gasteiger partial charge in [-0.3, -0.25) is 7.91 Å². The van der Waals surface area contributed by atoms with E-state index in [0.717, 1.165) is 0 Å². The molecule has 10 heavy (non-hydrogen) atoms. The molecule has 0 aromatic rings. The van der Waals surface area contributed by atoms with Crippen molar-refractivity contribution in [3.8, 4) is 0 Å². The number of halogens is 2. The Bertz CT molecular complexity index is 99.6. The molecule has 0 saturated heterocycles. The third kappa shape index (κ3) is 7.47. The van der Waals surface area contributed by atoms with E-state index in [0.29, 0.717) is 0 Å². The smallest absolute Gasteiger partial charge is 0.246 e. The lowest BCUT2D eigenvalue weighted by atomic mass is 10.8. The van der Waals surface area contributed by atoms with Gasteiger partial charge in [-0.05, 0) is 16.2 Å². The van der Waals surface area contributed by atoms with Crippen LogP contribution in [0.2, 0.25) is 0 Å². The van der Waals surface area contributed by atoms with Crippen molar-refractivity contribution in [2.24, 2.45) is 0 Å². The second kappa shape index (κ2) is 8.46. The van der Waals surface area contributed by atoms with Crippen LogP contribution in [0.15, 0.2) is 0 Å². The normalized spacial score (nSPS) is 11.0. The average Bonchev–Trinajstić information content (AvgIpc) is 1.90. The minimum Gasteiger partial charge on any atom is -0.269 e. The molecule has 0 spiro atoms. The molecule has 0 aliphatic heterocycles. The molecule has 62 valence electrons. The molecular formula is C5H12I2NOP. The quantitative estimate of drug-likeness (QED) is 0.222. The summed E-state index contributed by atoms with van der Waals surface area (Å²) in [6.07, 6.45) is 0. The topological polar surface area (TPSA) is 20.3 Å². The van der Waals surface area contributed by atoms with E-state index in [1.165, 1.54) is 0 Å². The lowest BCUT2D eigenvalue weighted by Gasteiger charge is -2.13. The second-order valence-corrected chi connectivity index (χ2v) is 4.56. The first-order valence-electron chi connectivity index (χ1n) is 2.94. The van der Waals surface area contributed by atoms with Crippen molar-refractivity contribution in [2.45, 2.75) is 24.8 Å². The summed E-state index contributed by atoms with van der Waals surface area (Å²) in [5.74, 6) is 0. The van der Waals surface area contributed by atoms with Crippen molar-refractivity contribution in [1.29, 1.82) is 0 Å². The predicted octanol–water partition coefficient (Wildman–Crippen LogP) is 3.44. The van der Waals surface area contributed by atoms with E-state index in [4.69, 9.17) is 0 Å². The molecule has 0 fully saturated rings. The van der Waals surface area contributed by atoms with Gasteiger partial charge in [-0.15, -0.1) is 0 Å². The zero-order valence-corrected chi connectivity index (χ0v) is 11.7. The van der Waals surface area contributed by atoms with Gasteiger partial charge in [-0.1, -0.05) is 36.4 Å². The number of carbonyl (C=O) groups excluding carboxylic acids is 1. The van der Waals surface area contributed by atoms with Gasteiger partial charge in [0, 0.05) is 0 Å². The maximum atomic E-state index is 10.5. The highest BCUT2D eigenvalue weighted by Crippen LogP contribution is 2.15. The highest BCUT2D eigenvalue weighted by atomic mass is 127. The van der Waals surface area contributed by atoms with E-state index >= 15 is 0 Å². The van der Waals surface area contributed by atoms with Crippen LogP contribution in [0.5, 0.6) is 0 Å². The van der Waals surface area contributed by atoms with Gasteiger partial charge in [0.15, 0.2) is 0 Å². The fraction of sp³-hybridized carbons (Fsp3) is 0.800. The summed E-state index contributed by atoms with van der Waals surface area (Å²) in [6.45, 7) is 5.95. The Morgan fingerprint density at radius 2 is 1.90 bits per heavy atom. The van der Waals surface area contributed by atoms with Gasteiger partial charge in [-0.25, -0.2) is 0 Å². The SMILES string of the molecule is CC.CC(I)N(I)C(=O)P. The van der Waals surface area contributed by atoms with Crippen LogP contribution >= 0.6 is 54.7 Å². The van der Waals surface area contributed by atoms with Crippen molar-refractivity contribution < 1.29 is 4.79 Å². The maximum Gasteiger partial charge on any atom is 0.246 e. The lowest BCUT2D eigenvalue weighted by Crippen LogP contribution is -2.18. The number of carbonyl (C=O) groups is 1. The average molecular weight is 387 g/mol. The molecule has 0 heterocycles. The van der Waals surface area contributed by atoms with Crippen molar-refractivity contribution in [3.63, 3.8) is 0 Å². The van der Waals surface area contributed by atoms with E-state index in [9.17, 15) is 4.79 Å². The van der Waals surface area contributed by atoms with Crippen LogP contribution in [0.1, 0.15) is 20.8 Å². The summed E-state index contributed by atoms with van der Waals surface area (Å²) in [6, 6.07) is 0. The van der Waals surface area contributed by atoms with Crippen molar-refractivity contribution in [2.75, 3.05) is 0 Å². The van der Waals surface area contributed by atoms with E-state index in [1.54, 1.807) is 3.11 Å². The van der Waals surface area contributed by atoms with Gasteiger partial charge >= 0.3 is 0 Å². The Hall–Kier alpha value is 1.36. The molecule has 5 heteroatoms. The van der Waals surface area contributed by atoms with Gasteiger partial charge in [0.05, 0.1) is 26.9 Å². The summed E-state index contributed by atoms with van der Waals surface area (Å²) in [5.41, 5.74) is 0.0208. The zero-order chi connectivity index (χ0) is 8.73. The van der Waals surface area contributed by atoms with Crippen LogP contribution in [0, 0.1) is 0 Å². The predicted molar refractivity (Wildman–Crippen MR) is 65.8 cm³/mol. The summed E-state index contributed by atoms with van der Waals surface area (Å²) < 4.78 is 1.88. The number of nitrogens with zero attached hydrogens (tertiary/aromatic N) is 1. The molecule has 0 N–H and O–H groups in total.